The van der Waals surface area contributed by atoms with Gasteiger partial charge in [0, 0.05) is 33.6 Å². The molecule has 27 heavy (non-hydrogen) atoms. The first kappa shape index (κ1) is 19.5. The van der Waals surface area contributed by atoms with E-state index in [1.165, 1.54) is 16.4 Å². The lowest BCUT2D eigenvalue weighted by molar-refractivity contribution is -0.705. The second-order valence-electron chi connectivity index (χ2n) is 5.43. The van der Waals surface area contributed by atoms with Gasteiger partial charge in [-0.1, -0.05) is 11.8 Å². The van der Waals surface area contributed by atoms with E-state index in [0.717, 1.165) is 9.26 Å². The van der Waals surface area contributed by atoms with Crippen LogP contribution in [-0.2, 0) is 4.79 Å². The van der Waals surface area contributed by atoms with Crippen LogP contribution < -0.4 is 19.8 Å². The van der Waals surface area contributed by atoms with Gasteiger partial charge in [-0.05, 0) is 63.7 Å². The first-order valence-electron chi connectivity index (χ1n) is 7.98. The lowest BCUT2D eigenvalue weighted by Crippen LogP contribution is -2.34. The van der Waals surface area contributed by atoms with E-state index in [2.05, 4.69) is 33.2 Å². The van der Waals surface area contributed by atoms with Crippen LogP contribution in [0.5, 0.6) is 11.7 Å². The molecular weight excluding hydrogens is 481 g/mol. The highest BCUT2D eigenvalue weighted by molar-refractivity contribution is 14.1. The molecule has 0 aliphatic rings. The molecule has 2 aromatic carbocycles. The smallest absolute Gasteiger partial charge is 0.297 e. The van der Waals surface area contributed by atoms with Crippen LogP contribution in [0, 0.1) is 3.57 Å². The Labute approximate surface area is 173 Å². The summed E-state index contributed by atoms with van der Waals surface area (Å²) in [6.07, 6.45) is 0.254. The molecule has 0 radical (unpaired) electrons. The first-order chi connectivity index (χ1) is 13.1. The van der Waals surface area contributed by atoms with Gasteiger partial charge in [-0.15, -0.1) is 0 Å². The molecule has 1 aromatic heterocycles. The molecule has 1 heterocycles. The Bertz CT molecular complexity index is 913. The van der Waals surface area contributed by atoms with Gasteiger partial charge in [0.2, 0.25) is 11.6 Å². The molecule has 3 aromatic rings. The van der Waals surface area contributed by atoms with E-state index in [1.807, 2.05) is 24.3 Å². The van der Waals surface area contributed by atoms with Crippen molar-refractivity contribution >= 4 is 45.9 Å². The van der Waals surface area contributed by atoms with E-state index in [9.17, 15) is 9.90 Å². The molecule has 1 N–H and O–H groups in total. The van der Waals surface area contributed by atoms with Crippen molar-refractivity contribution in [1.29, 1.82) is 0 Å². The van der Waals surface area contributed by atoms with Crippen molar-refractivity contribution in [1.82, 2.24) is 5.27 Å². The van der Waals surface area contributed by atoms with Crippen LogP contribution in [-0.4, -0.2) is 24.0 Å². The van der Waals surface area contributed by atoms with Crippen LogP contribution in [0.3, 0.4) is 0 Å². The quantitative estimate of drug-likeness (QED) is 0.307. The summed E-state index contributed by atoms with van der Waals surface area (Å²) < 4.78 is 12.4. The fourth-order valence-electron chi connectivity index (χ4n) is 2.25. The number of anilines is 1. The fourth-order valence-corrected chi connectivity index (χ4v) is 3.50. The number of thioether (sulfide) groups is 1. The Balaban J connectivity index is 1.60. The van der Waals surface area contributed by atoms with Gasteiger partial charge < -0.3 is 19.7 Å². The third kappa shape index (κ3) is 5.13. The van der Waals surface area contributed by atoms with Crippen molar-refractivity contribution in [3.63, 3.8) is 0 Å². The average Bonchev–Trinajstić information content (AvgIpc) is 3.04. The van der Waals surface area contributed by atoms with Crippen LogP contribution in [0.2, 0.25) is 0 Å². The lowest BCUT2D eigenvalue weighted by atomic mass is 10.3. The predicted molar refractivity (Wildman–Crippen MR) is 107 cm³/mol. The van der Waals surface area contributed by atoms with Crippen LogP contribution in [0.4, 0.5) is 5.69 Å². The SMILES string of the molecule is COc1ccc(-[n+]2noc([O-])c2SCCC(=O)Nc2ccc(I)cc2)cc1. The topological polar surface area (TPSA) is 91.3 Å². The van der Waals surface area contributed by atoms with Gasteiger partial charge in [-0.2, -0.15) is 0 Å². The molecule has 0 fully saturated rings. The Morgan fingerprint density at radius 3 is 2.63 bits per heavy atom. The Hall–Kier alpha value is -2.27. The number of carbonyl (C=O) groups excluding carboxylic acids is 1. The fraction of sp³-hybridized carbons (Fsp3) is 0.167. The maximum Gasteiger partial charge on any atom is 0.297 e. The van der Waals surface area contributed by atoms with Gasteiger partial charge in [-0.25, -0.2) is 0 Å². The number of amides is 1. The summed E-state index contributed by atoms with van der Waals surface area (Å²) in [5, 5.41) is 18.9. The Morgan fingerprint density at radius 2 is 1.96 bits per heavy atom. The summed E-state index contributed by atoms with van der Waals surface area (Å²) in [4.78, 5) is 12.1. The summed E-state index contributed by atoms with van der Waals surface area (Å²) >= 11 is 3.43. The highest BCUT2D eigenvalue weighted by Gasteiger charge is 2.21. The van der Waals surface area contributed by atoms with E-state index in [4.69, 9.17) is 9.26 Å². The predicted octanol–water partition coefficient (Wildman–Crippen LogP) is 2.76. The van der Waals surface area contributed by atoms with Crippen molar-refractivity contribution in [2.75, 3.05) is 18.2 Å². The van der Waals surface area contributed by atoms with Gasteiger partial charge >= 0.3 is 0 Å². The zero-order valence-corrected chi connectivity index (χ0v) is 17.3. The number of nitrogens with one attached hydrogen (secondary N) is 1. The molecule has 0 spiro atoms. The van der Waals surface area contributed by atoms with E-state index in [1.54, 1.807) is 31.4 Å². The largest absolute Gasteiger partial charge is 0.538 e. The molecule has 3 rings (SSSR count). The summed E-state index contributed by atoms with van der Waals surface area (Å²) in [6.45, 7) is 0. The van der Waals surface area contributed by atoms with Crippen LogP contribution in [0.15, 0.2) is 58.1 Å². The number of aromatic nitrogens is 2. The molecule has 7 nitrogen and oxygen atoms in total. The highest BCUT2D eigenvalue weighted by atomic mass is 127. The molecule has 0 aliphatic carbocycles. The molecule has 140 valence electrons. The second kappa shape index (κ2) is 9.09. The minimum atomic E-state index is -0.533. The normalized spacial score (nSPS) is 10.6. The third-order valence-electron chi connectivity index (χ3n) is 3.59. The number of halogens is 1. The summed E-state index contributed by atoms with van der Waals surface area (Å²) in [5.74, 6) is 0.465. The van der Waals surface area contributed by atoms with Gasteiger partial charge in [0.15, 0.2) is 5.95 Å². The maximum atomic E-state index is 12.1. The first-order valence-corrected chi connectivity index (χ1v) is 10.0. The summed E-state index contributed by atoms with van der Waals surface area (Å²) in [7, 11) is 1.58. The monoisotopic (exact) mass is 497 g/mol. The van der Waals surface area contributed by atoms with Crippen molar-refractivity contribution in [2.24, 2.45) is 0 Å². The molecule has 0 unspecified atom stereocenters. The van der Waals surface area contributed by atoms with Crippen molar-refractivity contribution in [2.45, 2.75) is 11.4 Å². The third-order valence-corrected chi connectivity index (χ3v) is 5.33. The molecule has 0 bridgehead atoms. The number of ether oxygens (including phenoxy) is 1. The molecule has 0 atom stereocenters. The molecule has 1 amide bonds. The second-order valence-corrected chi connectivity index (χ2v) is 7.76. The number of hydrogen-bond donors (Lipinski definition) is 1. The minimum Gasteiger partial charge on any atom is -0.538 e. The molecular formula is C18H16IN3O4S. The zero-order valence-electron chi connectivity index (χ0n) is 14.3. The molecule has 9 heteroatoms. The van der Waals surface area contributed by atoms with Gasteiger partial charge in [-0.3, -0.25) is 4.79 Å². The Kier molecular flexibility index (Phi) is 6.56. The van der Waals surface area contributed by atoms with E-state index in [-0.39, 0.29) is 12.3 Å². The minimum absolute atomic E-state index is 0.122. The van der Waals surface area contributed by atoms with E-state index in [0.29, 0.717) is 22.2 Å². The number of benzene rings is 2. The van der Waals surface area contributed by atoms with Gasteiger partial charge in [0.25, 0.3) is 5.03 Å². The van der Waals surface area contributed by atoms with E-state index >= 15 is 0 Å². The average molecular weight is 497 g/mol. The van der Waals surface area contributed by atoms with Crippen molar-refractivity contribution in [3.05, 3.63) is 52.1 Å². The number of rotatable bonds is 7. The number of carbonyl (C=O) groups is 1. The van der Waals surface area contributed by atoms with Crippen molar-refractivity contribution < 1.29 is 23.8 Å². The molecule has 0 saturated carbocycles. The van der Waals surface area contributed by atoms with Gasteiger partial charge in [0.05, 0.1) is 12.4 Å². The zero-order chi connectivity index (χ0) is 19.2. The molecule has 0 saturated heterocycles. The van der Waals surface area contributed by atoms with Crippen molar-refractivity contribution in [3.8, 4) is 17.4 Å². The van der Waals surface area contributed by atoms with Crippen LogP contribution >= 0.6 is 34.4 Å². The number of hydrogen-bond acceptors (Lipinski definition) is 6. The molecule has 0 aliphatic heterocycles. The van der Waals surface area contributed by atoms with E-state index < -0.39 is 5.95 Å². The summed E-state index contributed by atoms with van der Waals surface area (Å²) in [5.41, 5.74) is 1.42. The summed E-state index contributed by atoms with van der Waals surface area (Å²) in [6, 6.07) is 14.6. The van der Waals surface area contributed by atoms with Crippen LogP contribution in [0.25, 0.3) is 5.69 Å². The van der Waals surface area contributed by atoms with Gasteiger partial charge in [0.1, 0.15) is 5.75 Å². The number of methoxy groups -OCH3 is 1. The number of nitrogens with zero attached hydrogens (tertiary/aromatic N) is 2. The maximum absolute atomic E-state index is 12.1. The standard InChI is InChI=1S/C18H16IN3O4S/c1-25-15-8-6-14(7-9-15)22-17(18(24)26-21-22)27-11-10-16(23)20-13-4-2-12(19)3-5-13/h2-9H,10-11H2,1H3,(H-,20,21,23,24). The Morgan fingerprint density at radius 1 is 1.26 bits per heavy atom. The highest BCUT2D eigenvalue weighted by Crippen LogP contribution is 2.24. The lowest BCUT2D eigenvalue weighted by Gasteiger charge is -2.04. The van der Waals surface area contributed by atoms with Crippen LogP contribution in [0.1, 0.15) is 6.42 Å².